The third kappa shape index (κ3) is 4.15. The molecule has 0 saturated heterocycles. The Kier molecular flexibility index (Phi) is 5.58. The standard InChI is InChI=1S/C26H17ClFN5O/c1-29-25-7-3-16(11-22(25)27)20-14-32-33(15-20)21-5-2-19(23(28)12-21)13-31-26(34)18-4-6-24-17(10-18)8-9-30-24/h2-12,14-15,30H,13H2,(H,31,34). The third-order valence-electron chi connectivity index (χ3n) is 5.54. The number of carbonyl (C=O) groups is 1. The van der Waals surface area contributed by atoms with E-state index >= 15 is 0 Å². The highest BCUT2D eigenvalue weighted by atomic mass is 35.5. The van der Waals surface area contributed by atoms with Crippen molar-refractivity contribution in [1.29, 1.82) is 0 Å². The molecular formula is C26H17ClFN5O. The predicted molar refractivity (Wildman–Crippen MR) is 130 cm³/mol. The fourth-order valence-corrected chi connectivity index (χ4v) is 3.91. The number of fused-ring (bicyclic) bond motifs is 1. The average molecular weight is 470 g/mol. The van der Waals surface area contributed by atoms with Gasteiger partial charge >= 0.3 is 0 Å². The van der Waals surface area contributed by atoms with Gasteiger partial charge in [0.05, 0.1) is 18.5 Å². The minimum Gasteiger partial charge on any atom is -0.361 e. The van der Waals surface area contributed by atoms with Crippen LogP contribution < -0.4 is 5.32 Å². The van der Waals surface area contributed by atoms with E-state index in [1.807, 2.05) is 18.3 Å². The normalized spacial score (nSPS) is 10.9. The second kappa shape index (κ2) is 8.85. The van der Waals surface area contributed by atoms with E-state index < -0.39 is 5.82 Å². The molecule has 1 amide bonds. The molecule has 0 saturated carbocycles. The summed E-state index contributed by atoms with van der Waals surface area (Å²) in [5.74, 6) is -0.716. The molecule has 2 aromatic heterocycles. The Labute approximate surface area is 199 Å². The smallest absolute Gasteiger partial charge is 0.251 e. The molecular weight excluding hydrogens is 453 g/mol. The van der Waals surface area contributed by atoms with Crippen LogP contribution in [0.3, 0.4) is 0 Å². The van der Waals surface area contributed by atoms with Gasteiger partial charge in [-0.15, -0.1) is 0 Å². The molecule has 6 nitrogen and oxygen atoms in total. The number of halogens is 2. The van der Waals surface area contributed by atoms with Crippen molar-refractivity contribution in [2.45, 2.75) is 6.54 Å². The Morgan fingerprint density at radius 1 is 1.12 bits per heavy atom. The Morgan fingerprint density at radius 3 is 2.79 bits per heavy atom. The first-order valence-corrected chi connectivity index (χ1v) is 10.8. The number of aromatic amines is 1. The van der Waals surface area contributed by atoms with E-state index in [0.29, 0.717) is 27.5 Å². The van der Waals surface area contributed by atoms with Crippen molar-refractivity contribution in [2.75, 3.05) is 0 Å². The zero-order chi connectivity index (χ0) is 23.7. The van der Waals surface area contributed by atoms with Gasteiger partial charge in [0, 0.05) is 51.6 Å². The van der Waals surface area contributed by atoms with Gasteiger partial charge in [-0.2, -0.15) is 5.10 Å². The number of rotatable bonds is 5. The van der Waals surface area contributed by atoms with Gasteiger partial charge in [0.2, 0.25) is 5.69 Å². The molecule has 0 bridgehead atoms. The zero-order valence-electron chi connectivity index (χ0n) is 17.7. The van der Waals surface area contributed by atoms with Crippen molar-refractivity contribution in [3.63, 3.8) is 0 Å². The maximum Gasteiger partial charge on any atom is 0.251 e. The first kappa shape index (κ1) is 21.4. The average Bonchev–Trinajstić information content (AvgIpc) is 3.52. The summed E-state index contributed by atoms with van der Waals surface area (Å²) in [5, 5.41) is 8.38. The number of aromatic nitrogens is 3. The quantitative estimate of drug-likeness (QED) is 0.297. The molecule has 2 N–H and O–H groups in total. The minimum absolute atomic E-state index is 0.0619. The van der Waals surface area contributed by atoms with E-state index in [1.54, 1.807) is 59.5 Å². The van der Waals surface area contributed by atoms with Crippen LogP contribution >= 0.6 is 11.6 Å². The highest BCUT2D eigenvalue weighted by Crippen LogP contribution is 2.30. The lowest BCUT2D eigenvalue weighted by atomic mass is 10.1. The first-order valence-electron chi connectivity index (χ1n) is 10.4. The predicted octanol–water partition coefficient (Wildman–Crippen LogP) is 6.29. The molecule has 5 aromatic rings. The van der Waals surface area contributed by atoms with E-state index in [-0.39, 0.29) is 12.5 Å². The van der Waals surface area contributed by atoms with Crippen molar-refractivity contribution in [1.82, 2.24) is 20.1 Å². The van der Waals surface area contributed by atoms with Crippen LogP contribution in [0.4, 0.5) is 10.1 Å². The first-order chi connectivity index (χ1) is 16.5. The Hall–Kier alpha value is -4.41. The second-order valence-electron chi connectivity index (χ2n) is 7.69. The van der Waals surface area contributed by atoms with Crippen LogP contribution in [0.5, 0.6) is 0 Å². The molecule has 0 aliphatic heterocycles. The van der Waals surface area contributed by atoms with Gasteiger partial charge < -0.3 is 10.3 Å². The van der Waals surface area contributed by atoms with E-state index in [2.05, 4.69) is 20.2 Å². The molecule has 8 heteroatoms. The van der Waals surface area contributed by atoms with Gasteiger partial charge in [0.15, 0.2) is 0 Å². The maximum absolute atomic E-state index is 14.8. The lowest BCUT2D eigenvalue weighted by Crippen LogP contribution is -2.23. The van der Waals surface area contributed by atoms with Crippen molar-refractivity contribution < 1.29 is 9.18 Å². The third-order valence-corrected chi connectivity index (χ3v) is 5.84. The number of hydrogen-bond donors (Lipinski definition) is 2. The molecule has 2 heterocycles. The fraction of sp³-hybridized carbons (Fsp3) is 0.0385. The van der Waals surface area contributed by atoms with Gasteiger partial charge in [0.1, 0.15) is 5.82 Å². The number of nitrogens with zero attached hydrogens (tertiary/aromatic N) is 3. The largest absolute Gasteiger partial charge is 0.361 e. The summed E-state index contributed by atoms with van der Waals surface area (Å²) in [6, 6.07) is 17.1. The van der Waals surface area contributed by atoms with Gasteiger partial charge in [-0.05, 0) is 48.0 Å². The summed E-state index contributed by atoms with van der Waals surface area (Å²) in [6.07, 6.45) is 5.22. The topological polar surface area (TPSA) is 67.1 Å². The minimum atomic E-state index is -0.444. The van der Waals surface area contributed by atoms with Crippen molar-refractivity contribution in [2.24, 2.45) is 0 Å². The molecule has 0 unspecified atom stereocenters. The lowest BCUT2D eigenvalue weighted by Gasteiger charge is -2.09. The van der Waals surface area contributed by atoms with Gasteiger partial charge in [-0.1, -0.05) is 29.8 Å². The summed E-state index contributed by atoms with van der Waals surface area (Å²) < 4.78 is 16.3. The number of H-pyrrole nitrogens is 1. The molecule has 0 spiro atoms. The molecule has 3 aromatic carbocycles. The highest BCUT2D eigenvalue weighted by molar-refractivity contribution is 6.33. The van der Waals surface area contributed by atoms with Crippen LogP contribution in [0.15, 0.2) is 79.3 Å². The summed E-state index contributed by atoms with van der Waals surface area (Å²) in [4.78, 5) is 18.9. The van der Waals surface area contributed by atoms with E-state index in [0.717, 1.165) is 22.0 Å². The highest BCUT2D eigenvalue weighted by Gasteiger charge is 2.11. The number of benzene rings is 3. The van der Waals surface area contributed by atoms with Gasteiger partial charge in [-0.3, -0.25) is 4.79 Å². The van der Waals surface area contributed by atoms with Crippen LogP contribution in [0, 0.1) is 12.4 Å². The molecule has 0 fully saturated rings. The number of amides is 1. The van der Waals surface area contributed by atoms with Crippen molar-refractivity contribution in [3.8, 4) is 16.8 Å². The molecule has 34 heavy (non-hydrogen) atoms. The van der Waals surface area contributed by atoms with Crippen LogP contribution in [0.1, 0.15) is 15.9 Å². The summed E-state index contributed by atoms with van der Waals surface area (Å²) in [5.41, 5.74) is 4.35. The molecule has 0 radical (unpaired) electrons. The monoisotopic (exact) mass is 469 g/mol. The summed E-state index contributed by atoms with van der Waals surface area (Å²) in [6.45, 7) is 7.16. The summed E-state index contributed by atoms with van der Waals surface area (Å²) in [7, 11) is 0. The number of hydrogen-bond acceptors (Lipinski definition) is 2. The zero-order valence-corrected chi connectivity index (χ0v) is 18.5. The molecule has 5 rings (SSSR count). The van der Waals surface area contributed by atoms with Crippen LogP contribution in [0.25, 0.3) is 32.6 Å². The maximum atomic E-state index is 14.8. The van der Waals surface area contributed by atoms with Crippen molar-refractivity contribution in [3.05, 3.63) is 113 Å². The lowest BCUT2D eigenvalue weighted by molar-refractivity contribution is 0.0950. The van der Waals surface area contributed by atoms with Crippen LogP contribution in [-0.4, -0.2) is 20.7 Å². The van der Waals surface area contributed by atoms with E-state index in [9.17, 15) is 9.18 Å². The van der Waals surface area contributed by atoms with E-state index in [1.165, 1.54) is 6.07 Å². The Balaban J connectivity index is 1.29. The molecule has 0 aliphatic carbocycles. The SMILES string of the molecule is [C-]#[N+]c1ccc(-c2cnn(-c3ccc(CNC(=O)c4ccc5[nH]ccc5c4)c(F)c3)c2)cc1Cl. The van der Waals surface area contributed by atoms with E-state index in [4.69, 9.17) is 18.2 Å². The number of carbonyl (C=O) groups excluding carboxylic acids is 1. The Morgan fingerprint density at radius 2 is 2.00 bits per heavy atom. The number of nitrogens with one attached hydrogen (secondary N) is 2. The second-order valence-corrected chi connectivity index (χ2v) is 8.10. The van der Waals surface area contributed by atoms with Gasteiger partial charge in [-0.25, -0.2) is 13.9 Å². The Bertz CT molecular complexity index is 1580. The van der Waals surface area contributed by atoms with Crippen LogP contribution in [0.2, 0.25) is 5.02 Å². The fourth-order valence-electron chi connectivity index (χ4n) is 3.68. The molecule has 166 valence electrons. The molecule has 0 atom stereocenters. The molecule has 0 aliphatic rings. The summed E-state index contributed by atoms with van der Waals surface area (Å²) >= 11 is 6.13. The van der Waals surface area contributed by atoms with Crippen LogP contribution in [-0.2, 0) is 6.54 Å². The van der Waals surface area contributed by atoms with Crippen molar-refractivity contribution >= 4 is 34.1 Å². The van der Waals surface area contributed by atoms with Gasteiger partial charge in [0.25, 0.3) is 5.91 Å².